The number of thiol groups is 2. The molecule has 0 amide bonds. The lowest BCUT2D eigenvalue weighted by Crippen LogP contribution is -1.97. The molecule has 0 unspecified atom stereocenters. The van der Waals surface area contributed by atoms with Gasteiger partial charge in [0.2, 0.25) is 0 Å². The van der Waals surface area contributed by atoms with E-state index in [1.807, 2.05) is 36.4 Å². The van der Waals surface area contributed by atoms with Crippen molar-refractivity contribution >= 4 is 36.6 Å². The van der Waals surface area contributed by atoms with E-state index in [4.69, 9.17) is 11.5 Å². The van der Waals surface area contributed by atoms with Crippen LogP contribution in [-0.4, -0.2) is 0 Å². The largest absolute Gasteiger partial charge is 0.399 e. The number of rotatable bonds is 3. The summed E-state index contributed by atoms with van der Waals surface area (Å²) >= 11 is 8.88. The molecular formula is C14H16N2S2. The number of aryl methyl sites for hydroxylation is 2. The number of hydrogen-bond donors (Lipinski definition) is 4. The van der Waals surface area contributed by atoms with Gasteiger partial charge in [0.15, 0.2) is 0 Å². The molecule has 2 aromatic carbocycles. The van der Waals surface area contributed by atoms with Crippen molar-refractivity contribution in [2.75, 3.05) is 11.5 Å². The van der Waals surface area contributed by atoms with Crippen LogP contribution in [0.25, 0.3) is 0 Å². The molecule has 18 heavy (non-hydrogen) atoms. The highest BCUT2D eigenvalue weighted by Gasteiger charge is 2.04. The van der Waals surface area contributed by atoms with Gasteiger partial charge < -0.3 is 11.5 Å². The Morgan fingerprint density at radius 2 is 1.11 bits per heavy atom. The molecule has 0 aromatic heterocycles. The van der Waals surface area contributed by atoms with Gasteiger partial charge in [0, 0.05) is 21.2 Å². The van der Waals surface area contributed by atoms with Gasteiger partial charge in [-0.3, -0.25) is 0 Å². The maximum Gasteiger partial charge on any atom is 0.0317 e. The summed E-state index contributed by atoms with van der Waals surface area (Å²) in [5, 5.41) is 0. The molecule has 0 fully saturated rings. The van der Waals surface area contributed by atoms with Gasteiger partial charge in [0.25, 0.3) is 0 Å². The van der Waals surface area contributed by atoms with Crippen LogP contribution >= 0.6 is 25.3 Å². The fourth-order valence-corrected chi connectivity index (χ4v) is 2.38. The Balaban J connectivity index is 2.16. The van der Waals surface area contributed by atoms with Crippen molar-refractivity contribution in [3.05, 3.63) is 47.5 Å². The van der Waals surface area contributed by atoms with E-state index < -0.39 is 0 Å². The van der Waals surface area contributed by atoms with Crippen molar-refractivity contribution < 1.29 is 0 Å². The van der Waals surface area contributed by atoms with Gasteiger partial charge >= 0.3 is 0 Å². The summed E-state index contributed by atoms with van der Waals surface area (Å²) in [6, 6.07) is 11.5. The Labute approximate surface area is 118 Å². The minimum atomic E-state index is 0.765. The SMILES string of the molecule is Nc1ccc(S)c(CCc2cc(N)ccc2S)c1. The van der Waals surface area contributed by atoms with Crippen LogP contribution in [0.15, 0.2) is 46.2 Å². The molecule has 4 heteroatoms. The monoisotopic (exact) mass is 276 g/mol. The van der Waals surface area contributed by atoms with E-state index >= 15 is 0 Å². The zero-order valence-electron chi connectivity index (χ0n) is 9.93. The maximum atomic E-state index is 5.78. The van der Waals surface area contributed by atoms with Crippen molar-refractivity contribution in [3.8, 4) is 0 Å². The van der Waals surface area contributed by atoms with E-state index in [9.17, 15) is 0 Å². The molecule has 2 rings (SSSR count). The van der Waals surface area contributed by atoms with E-state index in [0.29, 0.717) is 0 Å². The van der Waals surface area contributed by atoms with Gasteiger partial charge in [0.1, 0.15) is 0 Å². The van der Waals surface area contributed by atoms with Crippen molar-refractivity contribution in [2.24, 2.45) is 0 Å². The highest BCUT2D eigenvalue weighted by molar-refractivity contribution is 7.80. The maximum absolute atomic E-state index is 5.78. The first-order valence-corrected chi connectivity index (χ1v) is 6.60. The molecular weight excluding hydrogens is 260 g/mol. The van der Waals surface area contributed by atoms with Crippen molar-refractivity contribution in [1.82, 2.24) is 0 Å². The zero-order chi connectivity index (χ0) is 13.1. The second-order valence-corrected chi connectivity index (χ2v) is 5.24. The van der Waals surface area contributed by atoms with Gasteiger partial charge in [0.05, 0.1) is 0 Å². The summed E-state index contributed by atoms with van der Waals surface area (Å²) in [5.41, 5.74) is 15.4. The van der Waals surface area contributed by atoms with Gasteiger partial charge in [-0.05, 0) is 60.4 Å². The third-order valence-electron chi connectivity index (χ3n) is 2.87. The lowest BCUT2D eigenvalue weighted by molar-refractivity contribution is 0.917. The van der Waals surface area contributed by atoms with Crippen LogP contribution in [0.4, 0.5) is 11.4 Å². The van der Waals surface area contributed by atoms with E-state index in [-0.39, 0.29) is 0 Å². The number of benzene rings is 2. The molecule has 0 spiro atoms. The lowest BCUT2D eigenvalue weighted by atomic mass is 10.0. The predicted octanol–water partition coefficient (Wildman–Crippen LogP) is 3.21. The van der Waals surface area contributed by atoms with Crippen molar-refractivity contribution in [2.45, 2.75) is 22.6 Å². The predicted molar refractivity (Wildman–Crippen MR) is 83.6 cm³/mol. The zero-order valence-corrected chi connectivity index (χ0v) is 11.7. The quantitative estimate of drug-likeness (QED) is 0.514. The molecule has 4 N–H and O–H groups in total. The highest BCUT2D eigenvalue weighted by atomic mass is 32.1. The minimum Gasteiger partial charge on any atom is -0.399 e. The molecule has 0 aliphatic rings. The van der Waals surface area contributed by atoms with Gasteiger partial charge in [-0.2, -0.15) is 0 Å². The standard InChI is InChI=1S/C14H16N2S2/c15-11-3-5-13(17)9(7-11)1-2-10-8-12(16)4-6-14(10)18/h3-8,17-18H,1-2,15-16H2. The normalized spacial score (nSPS) is 10.6. The highest BCUT2D eigenvalue weighted by Crippen LogP contribution is 2.22. The van der Waals surface area contributed by atoms with Crippen molar-refractivity contribution in [1.29, 1.82) is 0 Å². The summed E-state index contributed by atoms with van der Waals surface area (Å²) < 4.78 is 0. The summed E-state index contributed by atoms with van der Waals surface area (Å²) in [6.07, 6.45) is 1.75. The summed E-state index contributed by atoms with van der Waals surface area (Å²) in [5.74, 6) is 0. The fourth-order valence-electron chi connectivity index (χ4n) is 1.88. The lowest BCUT2D eigenvalue weighted by Gasteiger charge is -2.09. The smallest absolute Gasteiger partial charge is 0.0317 e. The molecule has 0 bridgehead atoms. The molecule has 0 atom stereocenters. The van der Waals surface area contributed by atoms with Crippen LogP contribution in [0.5, 0.6) is 0 Å². The number of hydrogen-bond acceptors (Lipinski definition) is 4. The molecule has 94 valence electrons. The summed E-state index contributed by atoms with van der Waals surface area (Å²) in [4.78, 5) is 1.93. The second-order valence-electron chi connectivity index (χ2n) is 4.28. The summed E-state index contributed by atoms with van der Waals surface area (Å²) in [7, 11) is 0. The third-order valence-corrected chi connectivity index (χ3v) is 3.74. The molecule has 0 saturated heterocycles. The third kappa shape index (κ3) is 3.15. The second kappa shape index (κ2) is 5.59. The van der Waals surface area contributed by atoms with Gasteiger partial charge in [-0.25, -0.2) is 0 Å². The Bertz CT molecular complexity index is 516. The van der Waals surface area contributed by atoms with E-state index in [2.05, 4.69) is 25.3 Å². The Morgan fingerprint density at radius 1 is 0.722 bits per heavy atom. The molecule has 0 aliphatic heterocycles. The van der Waals surface area contributed by atoms with Gasteiger partial charge in [-0.15, -0.1) is 25.3 Å². The average molecular weight is 276 g/mol. The van der Waals surface area contributed by atoms with Crippen LogP contribution in [0.1, 0.15) is 11.1 Å². The Kier molecular flexibility index (Phi) is 4.09. The molecule has 2 nitrogen and oxygen atoms in total. The van der Waals surface area contributed by atoms with Crippen LogP contribution in [0.2, 0.25) is 0 Å². The van der Waals surface area contributed by atoms with Crippen LogP contribution in [0.3, 0.4) is 0 Å². The molecule has 0 radical (unpaired) electrons. The Morgan fingerprint density at radius 3 is 1.50 bits per heavy atom. The molecule has 2 aromatic rings. The number of nitrogen functional groups attached to an aromatic ring is 2. The van der Waals surface area contributed by atoms with E-state index in [1.54, 1.807) is 0 Å². The van der Waals surface area contributed by atoms with Gasteiger partial charge in [-0.1, -0.05) is 0 Å². The summed E-state index contributed by atoms with van der Waals surface area (Å²) in [6.45, 7) is 0. The number of nitrogens with two attached hydrogens (primary N) is 2. The fraction of sp³-hybridized carbons (Fsp3) is 0.143. The molecule has 0 aliphatic carbocycles. The van der Waals surface area contributed by atoms with Crippen molar-refractivity contribution in [3.63, 3.8) is 0 Å². The average Bonchev–Trinajstić information content (AvgIpc) is 2.34. The van der Waals surface area contributed by atoms with Crippen LogP contribution < -0.4 is 11.5 Å². The molecule has 0 saturated carbocycles. The van der Waals surface area contributed by atoms with Crippen LogP contribution in [0, 0.1) is 0 Å². The first-order chi connectivity index (χ1) is 8.56. The topological polar surface area (TPSA) is 52.0 Å². The first-order valence-electron chi connectivity index (χ1n) is 5.71. The Hall–Kier alpha value is -1.26. The van der Waals surface area contributed by atoms with E-state index in [1.165, 1.54) is 0 Å². The van der Waals surface area contributed by atoms with Crippen LogP contribution in [-0.2, 0) is 12.8 Å². The van der Waals surface area contributed by atoms with E-state index in [0.717, 1.165) is 45.1 Å². The molecule has 0 heterocycles. The number of anilines is 2. The minimum absolute atomic E-state index is 0.765. The first kappa shape index (κ1) is 13.2.